The van der Waals surface area contributed by atoms with Gasteiger partial charge in [0.1, 0.15) is 0 Å². The third-order valence-electron chi connectivity index (χ3n) is 5.45. The van der Waals surface area contributed by atoms with E-state index in [1.54, 1.807) is 43.3 Å². The highest BCUT2D eigenvalue weighted by Gasteiger charge is 2.26. The first-order valence-corrected chi connectivity index (χ1v) is 11.8. The van der Waals surface area contributed by atoms with Gasteiger partial charge in [0, 0.05) is 30.7 Å². The average Bonchev–Trinajstić information content (AvgIpc) is 2.80. The lowest BCUT2D eigenvalue weighted by Gasteiger charge is -2.25. The van der Waals surface area contributed by atoms with Gasteiger partial charge in [0.15, 0.2) is 5.69 Å². The molecule has 0 radical (unpaired) electrons. The summed E-state index contributed by atoms with van der Waals surface area (Å²) in [5.41, 5.74) is 0.340. The summed E-state index contributed by atoms with van der Waals surface area (Å²) in [6.45, 7) is 3.19. The predicted octanol–water partition coefficient (Wildman–Crippen LogP) is 2.84. The number of carbonyl (C=O) groups is 1. The van der Waals surface area contributed by atoms with E-state index in [1.807, 2.05) is 0 Å². The highest BCUT2D eigenvalue weighted by molar-refractivity contribution is 7.89. The lowest BCUT2D eigenvalue weighted by molar-refractivity contribution is 0.102. The van der Waals surface area contributed by atoms with Crippen molar-refractivity contribution in [1.29, 1.82) is 0 Å². The summed E-state index contributed by atoms with van der Waals surface area (Å²) in [5.74, 6) is -0.468. The highest BCUT2D eigenvalue weighted by atomic mass is 32.2. The van der Waals surface area contributed by atoms with Crippen LogP contribution < -0.4 is 10.9 Å². The smallest absolute Gasteiger partial charge is 0.276 e. The van der Waals surface area contributed by atoms with E-state index in [0.29, 0.717) is 36.1 Å². The van der Waals surface area contributed by atoms with Gasteiger partial charge in [-0.1, -0.05) is 24.6 Å². The lowest BCUT2D eigenvalue weighted by atomic mass is 10.1. The van der Waals surface area contributed by atoms with Crippen molar-refractivity contribution in [3.05, 3.63) is 64.6 Å². The molecule has 1 fully saturated rings. The number of sulfonamides is 1. The molecule has 4 rings (SSSR count). The lowest BCUT2D eigenvalue weighted by Crippen LogP contribution is -2.35. The van der Waals surface area contributed by atoms with Gasteiger partial charge < -0.3 is 5.32 Å². The molecule has 3 aromatic rings. The molecule has 9 heteroatoms. The first kappa shape index (κ1) is 21.2. The third kappa shape index (κ3) is 4.11. The summed E-state index contributed by atoms with van der Waals surface area (Å²) in [6.07, 6.45) is 2.79. The van der Waals surface area contributed by atoms with Crippen molar-refractivity contribution in [3.8, 4) is 0 Å². The number of nitrogens with one attached hydrogen (secondary N) is 1. The van der Waals surface area contributed by atoms with E-state index in [2.05, 4.69) is 10.4 Å². The molecule has 0 bridgehead atoms. The van der Waals surface area contributed by atoms with Crippen LogP contribution in [-0.4, -0.2) is 41.5 Å². The van der Waals surface area contributed by atoms with E-state index >= 15 is 0 Å². The van der Waals surface area contributed by atoms with Crippen LogP contribution in [0.25, 0.3) is 10.8 Å². The Hall–Kier alpha value is -3.04. The number of amides is 1. The minimum absolute atomic E-state index is 0.141. The molecule has 2 heterocycles. The second-order valence-electron chi connectivity index (χ2n) is 7.46. The number of rotatable bonds is 5. The molecule has 8 nitrogen and oxygen atoms in total. The van der Waals surface area contributed by atoms with Crippen molar-refractivity contribution in [2.24, 2.45) is 0 Å². The molecule has 1 aliphatic rings. The van der Waals surface area contributed by atoms with Crippen LogP contribution >= 0.6 is 0 Å². The molecule has 1 aromatic heterocycles. The van der Waals surface area contributed by atoms with Gasteiger partial charge in [0.2, 0.25) is 10.0 Å². The van der Waals surface area contributed by atoms with E-state index < -0.39 is 15.9 Å². The van der Waals surface area contributed by atoms with Gasteiger partial charge in [-0.2, -0.15) is 9.40 Å². The Morgan fingerprint density at radius 2 is 1.65 bits per heavy atom. The quantitative estimate of drug-likeness (QED) is 0.657. The van der Waals surface area contributed by atoms with Crippen molar-refractivity contribution >= 4 is 32.4 Å². The molecular weight excluding hydrogens is 416 g/mol. The summed E-state index contributed by atoms with van der Waals surface area (Å²) in [5, 5.41) is 7.87. The predicted molar refractivity (Wildman–Crippen MR) is 119 cm³/mol. The molecular formula is C22H24N4O4S. The van der Waals surface area contributed by atoms with Crippen LogP contribution in [0.5, 0.6) is 0 Å². The SMILES string of the molecule is CCn1nc(C(=O)Nc2ccc(S(=O)(=O)N3CCCCC3)cc2)c2ccccc2c1=O. The van der Waals surface area contributed by atoms with Gasteiger partial charge in [0.05, 0.1) is 10.3 Å². The van der Waals surface area contributed by atoms with E-state index in [9.17, 15) is 18.0 Å². The zero-order chi connectivity index (χ0) is 22.0. The molecule has 1 aliphatic heterocycles. The Kier molecular flexibility index (Phi) is 5.88. The zero-order valence-electron chi connectivity index (χ0n) is 17.2. The standard InChI is InChI=1S/C22H24N4O4S/c1-2-26-22(28)19-9-5-4-8-18(19)20(24-26)21(27)23-16-10-12-17(13-11-16)31(29,30)25-14-6-3-7-15-25/h4-5,8-13H,2-3,6-7,14-15H2,1H3,(H,23,27). The Morgan fingerprint density at radius 1 is 1.00 bits per heavy atom. The molecule has 0 saturated carbocycles. The van der Waals surface area contributed by atoms with Crippen molar-refractivity contribution in [3.63, 3.8) is 0 Å². The minimum atomic E-state index is -3.53. The second-order valence-corrected chi connectivity index (χ2v) is 9.40. The maximum absolute atomic E-state index is 12.9. The molecule has 162 valence electrons. The van der Waals surface area contributed by atoms with Crippen LogP contribution in [0, 0.1) is 0 Å². The zero-order valence-corrected chi connectivity index (χ0v) is 18.1. The van der Waals surface area contributed by atoms with E-state index in [4.69, 9.17) is 0 Å². The number of anilines is 1. The van der Waals surface area contributed by atoms with E-state index in [0.717, 1.165) is 19.3 Å². The van der Waals surface area contributed by atoms with E-state index in [-0.39, 0.29) is 16.1 Å². The molecule has 0 atom stereocenters. The number of hydrogen-bond donors (Lipinski definition) is 1. The van der Waals surface area contributed by atoms with Crippen LogP contribution in [-0.2, 0) is 16.6 Å². The average molecular weight is 441 g/mol. The Bertz CT molecular complexity index is 1280. The van der Waals surface area contributed by atoms with Crippen molar-refractivity contribution in [1.82, 2.24) is 14.1 Å². The second kappa shape index (κ2) is 8.60. The minimum Gasteiger partial charge on any atom is -0.321 e. The normalized spacial score (nSPS) is 15.1. The van der Waals surface area contributed by atoms with Crippen LogP contribution in [0.1, 0.15) is 36.7 Å². The largest absolute Gasteiger partial charge is 0.321 e. The number of nitrogens with zero attached hydrogens (tertiary/aromatic N) is 3. The fourth-order valence-electron chi connectivity index (χ4n) is 3.77. The van der Waals surface area contributed by atoms with Gasteiger partial charge in [-0.3, -0.25) is 9.59 Å². The Balaban J connectivity index is 1.60. The first-order chi connectivity index (χ1) is 14.9. The van der Waals surface area contributed by atoms with Gasteiger partial charge in [-0.25, -0.2) is 13.1 Å². The van der Waals surface area contributed by atoms with Crippen molar-refractivity contribution in [2.75, 3.05) is 18.4 Å². The molecule has 0 aliphatic carbocycles. The monoisotopic (exact) mass is 440 g/mol. The van der Waals surface area contributed by atoms with Crippen LogP contribution in [0.2, 0.25) is 0 Å². The molecule has 0 unspecified atom stereocenters. The fourth-order valence-corrected chi connectivity index (χ4v) is 5.29. The van der Waals surface area contributed by atoms with Crippen LogP contribution in [0.4, 0.5) is 5.69 Å². The summed E-state index contributed by atoms with van der Waals surface area (Å²) in [7, 11) is -3.53. The van der Waals surface area contributed by atoms with Gasteiger partial charge in [0.25, 0.3) is 11.5 Å². The maximum Gasteiger partial charge on any atom is 0.276 e. The number of fused-ring (bicyclic) bond motifs is 1. The number of piperidine rings is 1. The number of carbonyl (C=O) groups excluding carboxylic acids is 1. The van der Waals surface area contributed by atoms with Gasteiger partial charge >= 0.3 is 0 Å². The van der Waals surface area contributed by atoms with Gasteiger partial charge in [-0.15, -0.1) is 0 Å². The molecule has 1 N–H and O–H groups in total. The Labute approximate surface area is 180 Å². The number of benzene rings is 2. The summed E-state index contributed by atoms with van der Waals surface area (Å²) >= 11 is 0. The molecule has 1 amide bonds. The maximum atomic E-state index is 12.9. The number of aromatic nitrogens is 2. The molecule has 1 saturated heterocycles. The summed E-state index contributed by atoms with van der Waals surface area (Å²) in [6, 6.07) is 13.0. The van der Waals surface area contributed by atoms with Gasteiger partial charge in [-0.05, 0) is 50.1 Å². The first-order valence-electron chi connectivity index (χ1n) is 10.3. The fraction of sp³-hybridized carbons (Fsp3) is 0.318. The topological polar surface area (TPSA) is 101 Å². The molecule has 2 aromatic carbocycles. The van der Waals surface area contributed by atoms with Crippen LogP contribution in [0.15, 0.2) is 58.2 Å². The summed E-state index contributed by atoms with van der Waals surface area (Å²) < 4.78 is 28.3. The number of aryl methyl sites for hydroxylation is 1. The van der Waals surface area contributed by atoms with E-state index in [1.165, 1.54) is 21.1 Å². The van der Waals surface area contributed by atoms with Crippen molar-refractivity contribution in [2.45, 2.75) is 37.6 Å². The van der Waals surface area contributed by atoms with Crippen molar-refractivity contribution < 1.29 is 13.2 Å². The van der Waals surface area contributed by atoms with Crippen LogP contribution in [0.3, 0.4) is 0 Å². The molecule has 31 heavy (non-hydrogen) atoms. The third-order valence-corrected chi connectivity index (χ3v) is 7.36. The Morgan fingerprint density at radius 3 is 2.29 bits per heavy atom. The summed E-state index contributed by atoms with van der Waals surface area (Å²) in [4.78, 5) is 25.6. The molecule has 0 spiro atoms. The number of hydrogen-bond acceptors (Lipinski definition) is 5. The highest BCUT2D eigenvalue weighted by Crippen LogP contribution is 2.22.